The summed E-state index contributed by atoms with van der Waals surface area (Å²) < 4.78 is 1.61. The number of para-hydroxylation sites is 1. The first kappa shape index (κ1) is 23.2. The first-order valence-corrected chi connectivity index (χ1v) is 11.9. The molecule has 2 aromatic carbocycles. The molecule has 0 radical (unpaired) electrons. The molecule has 0 spiro atoms. The maximum atomic E-state index is 12.9. The van der Waals surface area contributed by atoms with Gasteiger partial charge in [-0.25, -0.2) is 9.67 Å². The number of pyridine rings is 1. The fourth-order valence-corrected chi connectivity index (χ4v) is 4.46. The van der Waals surface area contributed by atoms with E-state index in [2.05, 4.69) is 20.4 Å². The molecule has 2 aromatic heterocycles. The number of rotatable bonds is 7. The van der Waals surface area contributed by atoms with Gasteiger partial charge in [0.05, 0.1) is 10.6 Å². The Labute approximate surface area is 210 Å². The summed E-state index contributed by atoms with van der Waals surface area (Å²) in [6, 6.07) is 22.4. The lowest BCUT2D eigenvalue weighted by Crippen LogP contribution is -2.37. The number of carbonyl (C=O) groups excluding carboxylic acids is 3. The number of nitrogens with zero attached hydrogens (tertiary/aromatic N) is 5. The number of thioether (sulfide) groups is 1. The van der Waals surface area contributed by atoms with Gasteiger partial charge < -0.3 is 5.32 Å². The van der Waals surface area contributed by atoms with E-state index in [0.29, 0.717) is 10.7 Å². The first-order valence-electron chi connectivity index (χ1n) is 11.1. The summed E-state index contributed by atoms with van der Waals surface area (Å²) in [6.45, 7) is 0.101. The Morgan fingerprint density at radius 1 is 0.972 bits per heavy atom. The van der Waals surface area contributed by atoms with Crippen molar-refractivity contribution in [1.82, 2.24) is 30.0 Å². The summed E-state index contributed by atoms with van der Waals surface area (Å²) in [5.74, 6) is -0.387. The number of hydrogen-bond donors (Lipinski definition) is 1. The summed E-state index contributed by atoms with van der Waals surface area (Å²) in [6.07, 6.45) is 4.87. The Kier molecular flexibility index (Phi) is 6.67. The Balaban J connectivity index is 1.28. The second-order valence-corrected chi connectivity index (χ2v) is 8.74. The zero-order chi connectivity index (χ0) is 24.9. The Bertz CT molecular complexity index is 1380. The number of hydrogen-bond acceptors (Lipinski definition) is 7. The van der Waals surface area contributed by atoms with E-state index < -0.39 is 11.8 Å². The largest absolute Gasteiger partial charge is 0.347 e. The van der Waals surface area contributed by atoms with Gasteiger partial charge in [0.25, 0.3) is 17.1 Å². The van der Waals surface area contributed by atoms with Crippen LogP contribution in [-0.4, -0.2) is 54.8 Å². The van der Waals surface area contributed by atoms with Gasteiger partial charge in [-0.1, -0.05) is 54.6 Å². The molecule has 9 nitrogen and oxygen atoms in total. The van der Waals surface area contributed by atoms with E-state index in [1.807, 2.05) is 60.7 Å². The molecule has 178 valence electrons. The van der Waals surface area contributed by atoms with E-state index in [1.165, 1.54) is 0 Å². The second-order valence-electron chi connectivity index (χ2n) is 7.75. The van der Waals surface area contributed by atoms with Crippen LogP contribution in [0.3, 0.4) is 0 Å². The molecule has 0 unspecified atom stereocenters. The molecule has 0 saturated carbocycles. The highest BCUT2D eigenvalue weighted by atomic mass is 32.2. The maximum Gasteiger partial charge on any atom is 0.293 e. The van der Waals surface area contributed by atoms with Crippen molar-refractivity contribution in [2.24, 2.45) is 0 Å². The van der Waals surface area contributed by atoms with Crippen molar-refractivity contribution in [3.8, 4) is 17.1 Å². The number of amides is 3. The standard InChI is InChI=1S/C26H20N6O3S/c33-24(28-14-15-31-25(34)21(36-26(31)35)16-18-8-7-13-27-17-18)22-29-23(19-9-3-1-4-10-19)32(30-22)20-11-5-2-6-12-20/h1-13,16-17H,14-15H2,(H,28,33)/b21-16-. The third kappa shape index (κ3) is 4.93. The van der Waals surface area contributed by atoms with Gasteiger partial charge in [0.1, 0.15) is 0 Å². The van der Waals surface area contributed by atoms with Gasteiger partial charge in [-0.05, 0) is 41.6 Å². The van der Waals surface area contributed by atoms with E-state index in [1.54, 1.807) is 35.3 Å². The van der Waals surface area contributed by atoms with Gasteiger partial charge in [0.2, 0.25) is 5.82 Å². The van der Waals surface area contributed by atoms with Gasteiger partial charge >= 0.3 is 0 Å². The third-order valence-electron chi connectivity index (χ3n) is 5.32. The molecular weight excluding hydrogens is 476 g/mol. The molecular formula is C26H20N6O3S. The summed E-state index contributed by atoms with van der Waals surface area (Å²) in [5, 5.41) is 6.75. The van der Waals surface area contributed by atoms with Crippen molar-refractivity contribution in [2.75, 3.05) is 13.1 Å². The fourth-order valence-electron chi connectivity index (χ4n) is 3.60. The van der Waals surface area contributed by atoms with E-state index in [-0.39, 0.29) is 24.2 Å². The molecule has 1 aliphatic rings. The smallest absolute Gasteiger partial charge is 0.293 e. The van der Waals surface area contributed by atoms with Crippen LogP contribution >= 0.6 is 11.8 Å². The molecule has 3 heterocycles. The van der Waals surface area contributed by atoms with Crippen LogP contribution in [0.4, 0.5) is 4.79 Å². The topological polar surface area (TPSA) is 110 Å². The molecule has 4 aromatic rings. The first-order chi connectivity index (χ1) is 17.6. The van der Waals surface area contributed by atoms with Crippen molar-refractivity contribution in [3.63, 3.8) is 0 Å². The van der Waals surface area contributed by atoms with Crippen molar-refractivity contribution >= 4 is 34.9 Å². The maximum absolute atomic E-state index is 12.9. The van der Waals surface area contributed by atoms with Gasteiger partial charge in [0, 0.05) is 31.0 Å². The van der Waals surface area contributed by atoms with Gasteiger partial charge in [-0.15, -0.1) is 5.10 Å². The lowest BCUT2D eigenvalue weighted by atomic mass is 10.2. The highest BCUT2D eigenvalue weighted by molar-refractivity contribution is 8.18. The molecule has 0 aliphatic carbocycles. The fraction of sp³-hybridized carbons (Fsp3) is 0.0769. The number of carbonyl (C=O) groups is 3. The average Bonchev–Trinajstić information content (AvgIpc) is 3.48. The molecule has 10 heteroatoms. The van der Waals surface area contributed by atoms with E-state index in [4.69, 9.17) is 0 Å². The minimum absolute atomic E-state index is 0.0108. The van der Waals surface area contributed by atoms with E-state index >= 15 is 0 Å². The van der Waals surface area contributed by atoms with E-state index in [0.717, 1.165) is 33.5 Å². The number of nitrogens with one attached hydrogen (secondary N) is 1. The van der Waals surface area contributed by atoms with Crippen molar-refractivity contribution in [2.45, 2.75) is 0 Å². The minimum Gasteiger partial charge on any atom is -0.347 e. The van der Waals surface area contributed by atoms with Gasteiger partial charge in [0.15, 0.2) is 5.82 Å². The molecule has 36 heavy (non-hydrogen) atoms. The molecule has 5 rings (SSSR count). The zero-order valence-electron chi connectivity index (χ0n) is 18.9. The third-order valence-corrected chi connectivity index (χ3v) is 6.23. The highest BCUT2D eigenvalue weighted by Crippen LogP contribution is 2.31. The van der Waals surface area contributed by atoms with Crippen molar-refractivity contribution < 1.29 is 14.4 Å². The zero-order valence-corrected chi connectivity index (χ0v) is 19.8. The molecule has 3 amide bonds. The molecule has 1 fully saturated rings. The van der Waals surface area contributed by atoms with Crippen molar-refractivity contribution in [3.05, 3.63) is 101 Å². The van der Waals surface area contributed by atoms with Crippen molar-refractivity contribution in [1.29, 1.82) is 0 Å². The average molecular weight is 497 g/mol. The SMILES string of the molecule is O=C(NCCN1C(=O)S/C(=C\c2cccnc2)C1=O)c1nc(-c2ccccc2)n(-c2ccccc2)n1. The summed E-state index contributed by atoms with van der Waals surface area (Å²) >= 11 is 0.862. The summed E-state index contributed by atoms with van der Waals surface area (Å²) in [7, 11) is 0. The second kappa shape index (κ2) is 10.4. The number of aromatic nitrogens is 4. The Morgan fingerprint density at radius 3 is 2.44 bits per heavy atom. The predicted molar refractivity (Wildman–Crippen MR) is 136 cm³/mol. The van der Waals surface area contributed by atoms with Crippen LogP contribution in [0.1, 0.15) is 16.2 Å². The Hall–Kier alpha value is -4.57. The van der Waals surface area contributed by atoms with Gasteiger partial charge in [-0.2, -0.15) is 0 Å². The molecule has 1 saturated heterocycles. The minimum atomic E-state index is -0.500. The molecule has 0 atom stereocenters. The normalized spacial score (nSPS) is 14.4. The van der Waals surface area contributed by atoms with Crippen LogP contribution in [-0.2, 0) is 4.79 Å². The number of benzene rings is 2. The summed E-state index contributed by atoms with van der Waals surface area (Å²) in [4.78, 5) is 47.8. The summed E-state index contributed by atoms with van der Waals surface area (Å²) in [5.41, 5.74) is 2.30. The molecule has 1 aliphatic heterocycles. The number of imide groups is 1. The Morgan fingerprint density at radius 2 is 1.72 bits per heavy atom. The van der Waals surface area contributed by atoms with Crippen LogP contribution in [0.2, 0.25) is 0 Å². The molecule has 0 bridgehead atoms. The molecule has 1 N–H and O–H groups in total. The quantitative estimate of drug-likeness (QED) is 0.388. The van der Waals surface area contributed by atoms with Gasteiger partial charge in [-0.3, -0.25) is 24.3 Å². The van der Waals surface area contributed by atoms with Crippen LogP contribution in [0, 0.1) is 0 Å². The van der Waals surface area contributed by atoms with E-state index in [9.17, 15) is 14.4 Å². The van der Waals surface area contributed by atoms with Crippen LogP contribution in [0.25, 0.3) is 23.2 Å². The monoisotopic (exact) mass is 496 g/mol. The van der Waals surface area contributed by atoms with Crippen LogP contribution in [0.15, 0.2) is 90.1 Å². The highest BCUT2D eigenvalue weighted by Gasteiger charge is 2.34. The van der Waals surface area contributed by atoms with Crippen LogP contribution < -0.4 is 5.32 Å². The predicted octanol–water partition coefficient (Wildman–Crippen LogP) is 3.80. The van der Waals surface area contributed by atoms with Crippen LogP contribution in [0.5, 0.6) is 0 Å². The lowest BCUT2D eigenvalue weighted by molar-refractivity contribution is -0.122. The lowest BCUT2D eigenvalue weighted by Gasteiger charge is -2.12.